The molecule has 27 heavy (non-hydrogen) atoms. The maximum absolute atomic E-state index is 11.8. The number of hydrogen-bond acceptors (Lipinski definition) is 5. The smallest absolute Gasteiger partial charge is 0.226 e. The molecule has 0 spiro atoms. The Morgan fingerprint density at radius 3 is 2.30 bits per heavy atom. The number of thiazole rings is 1. The van der Waals surface area contributed by atoms with Gasteiger partial charge in [0, 0.05) is 28.1 Å². The van der Waals surface area contributed by atoms with E-state index in [1.54, 1.807) is 25.6 Å². The van der Waals surface area contributed by atoms with Gasteiger partial charge in [-0.05, 0) is 30.3 Å². The Morgan fingerprint density at radius 2 is 1.67 bits per heavy atom. The van der Waals surface area contributed by atoms with Gasteiger partial charge < -0.3 is 14.8 Å². The van der Waals surface area contributed by atoms with Crippen LogP contribution in [0, 0.1) is 5.92 Å². The highest BCUT2D eigenvalue weighted by Gasteiger charge is 2.11. The van der Waals surface area contributed by atoms with E-state index in [1.165, 1.54) is 0 Å². The second-order valence-electron chi connectivity index (χ2n) is 6.33. The molecule has 5 nitrogen and oxygen atoms in total. The van der Waals surface area contributed by atoms with Crippen molar-refractivity contribution in [3.63, 3.8) is 0 Å². The van der Waals surface area contributed by atoms with Gasteiger partial charge in [-0.2, -0.15) is 0 Å². The number of hydrogen-bond donors (Lipinski definition) is 1. The van der Waals surface area contributed by atoms with Gasteiger partial charge in [0.25, 0.3) is 0 Å². The minimum Gasteiger partial charge on any atom is -0.493 e. The molecule has 1 amide bonds. The third-order valence-electron chi connectivity index (χ3n) is 4.11. The summed E-state index contributed by atoms with van der Waals surface area (Å²) in [6.45, 7) is 3.74. The Hall–Kier alpha value is -2.86. The Bertz CT molecular complexity index is 933. The first-order valence-electron chi connectivity index (χ1n) is 8.61. The first kappa shape index (κ1) is 18.9. The molecule has 0 aliphatic heterocycles. The highest BCUT2D eigenvalue weighted by atomic mass is 32.1. The fourth-order valence-electron chi connectivity index (χ4n) is 2.52. The summed E-state index contributed by atoms with van der Waals surface area (Å²) in [7, 11) is 3.24. The van der Waals surface area contributed by atoms with Crippen LogP contribution < -0.4 is 14.8 Å². The van der Waals surface area contributed by atoms with Gasteiger partial charge in [0.1, 0.15) is 5.01 Å². The summed E-state index contributed by atoms with van der Waals surface area (Å²) < 4.78 is 10.7. The van der Waals surface area contributed by atoms with Gasteiger partial charge >= 0.3 is 0 Å². The number of methoxy groups -OCH3 is 2. The van der Waals surface area contributed by atoms with E-state index in [2.05, 4.69) is 5.32 Å². The number of benzene rings is 2. The van der Waals surface area contributed by atoms with Crippen molar-refractivity contribution in [2.75, 3.05) is 19.5 Å². The maximum atomic E-state index is 11.8. The summed E-state index contributed by atoms with van der Waals surface area (Å²) in [5, 5.41) is 5.82. The number of carbonyl (C=O) groups is 1. The van der Waals surface area contributed by atoms with Crippen molar-refractivity contribution in [2.24, 2.45) is 5.92 Å². The molecule has 2 aromatic carbocycles. The molecule has 1 aromatic heterocycles. The lowest BCUT2D eigenvalue weighted by Gasteiger charge is -2.08. The van der Waals surface area contributed by atoms with Crippen molar-refractivity contribution in [1.82, 2.24) is 4.98 Å². The highest BCUT2D eigenvalue weighted by Crippen LogP contribution is 2.35. The van der Waals surface area contributed by atoms with Crippen LogP contribution in [-0.2, 0) is 4.79 Å². The number of rotatable bonds is 6. The van der Waals surface area contributed by atoms with Gasteiger partial charge in [0.2, 0.25) is 5.91 Å². The minimum absolute atomic E-state index is 0.00662. The molecule has 3 rings (SSSR count). The van der Waals surface area contributed by atoms with Crippen molar-refractivity contribution in [1.29, 1.82) is 0 Å². The van der Waals surface area contributed by atoms with E-state index in [1.807, 2.05) is 61.7 Å². The van der Waals surface area contributed by atoms with Crippen molar-refractivity contribution in [3.05, 3.63) is 47.8 Å². The summed E-state index contributed by atoms with van der Waals surface area (Å²) in [6, 6.07) is 13.5. The SMILES string of the molecule is COc1ccc(-c2nc(-c3ccc(NC(=O)C(C)C)cc3)cs2)cc1OC. The van der Waals surface area contributed by atoms with Crippen LogP contribution in [0.25, 0.3) is 21.8 Å². The number of carbonyl (C=O) groups excluding carboxylic acids is 1. The summed E-state index contributed by atoms with van der Waals surface area (Å²) in [6.07, 6.45) is 0. The molecule has 0 unspecified atom stereocenters. The fourth-order valence-corrected chi connectivity index (χ4v) is 3.35. The lowest BCUT2D eigenvalue weighted by molar-refractivity contribution is -0.118. The van der Waals surface area contributed by atoms with Crippen molar-refractivity contribution < 1.29 is 14.3 Å². The fraction of sp³-hybridized carbons (Fsp3) is 0.238. The Morgan fingerprint density at radius 1 is 1.00 bits per heavy atom. The summed E-state index contributed by atoms with van der Waals surface area (Å²) in [4.78, 5) is 16.5. The predicted molar refractivity (Wildman–Crippen MR) is 110 cm³/mol. The largest absolute Gasteiger partial charge is 0.493 e. The van der Waals surface area contributed by atoms with E-state index in [0.717, 1.165) is 27.5 Å². The Balaban J connectivity index is 1.80. The lowest BCUT2D eigenvalue weighted by atomic mass is 10.1. The average Bonchev–Trinajstić information content (AvgIpc) is 3.18. The van der Waals surface area contributed by atoms with Crippen LogP contribution in [0.3, 0.4) is 0 Å². The molecule has 0 aliphatic carbocycles. The van der Waals surface area contributed by atoms with Crippen LogP contribution >= 0.6 is 11.3 Å². The molecule has 1 N–H and O–H groups in total. The van der Waals surface area contributed by atoms with Crippen LogP contribution in [0.15, 0.2) is 47.8 Å². The molecule has 1 heterocycles. The molecular formula is C21H22N2O3S. The molecule has 3 aromatic rings. The first-order valence-corrected chi connectivity index (χ1v) is 9.49. The van der Waals surface area contributed by atoms with E-state index in [9.17, 15) is 4.79 Å². The summed E-state index contributed by atoms with van der Waals surface area (Å²) >= 11 is 1.57. The molecule has 0 saturated carbocycles. The first-order chi connectivity index (χ1) is 13.0. The molecule has 0 bridgehead atoms. The Labute approximate surface area is 163 Å². The molecule has 0 fully saturated rings. The number of anilines is 1. The van der Waals surface area contributed by atoms with E-state index in [-0.39, 0.29) is 11.8 Å². The highest BCUT2D eigenvalue weighted by molar-refractivity contribution is 7.13. The number of amides is 1. The topological polar surface area (TPSA) is 60.5 Å². The third-order valence-corrected chi connectivity index (χ3v) is 5.00. The standard InChI is InChI=1S/C21H22N2O3S/c1-13(2)20(24)22-16-8-5-14(6-9-16)17-12-27-21(23-17)15-7-10-18(25-3)19(11-15)26-4/h5-13H,1-4H3,(H,22,24). The van der Waals surface area contributed by atoms with E-state index >= 15 is 0 Å². The van der Waals surface area contributed by atoms with Gasteiger partial charge in [-0.15, -0.1) is 11.3 Å². The monoisotopic (exact) mass is 382 g/mol. The zero-order valence-electron chi connectivity index (χ0n) is 15.8. The van der Waals surface area contributed by atoms with Gasteiger partial charge in [0.05, 0.1) is 19.9 Å². The zero-order valence-corrected chi connectivity index (χ0v) is 16.6. The predicted octanol–water partition coefficient (Wildman–Crippen LogP) is 5.09. The van der Waals surface area contributed by atoms with E-state index in [4.69, 9.17) is 14.5 Å². The molecule has 0 atom stereocenters. The van der Waals surface area contributed by atoms with Crippen LogP contribution in [0.5, 0.6) is 11.5 Å². The van der Waals surface area contributed by atoms with Crippen molar-refractivity contribution in [2.45, 2.75) is 13.8 Å². The van der Waals surface area contributed by atoms with Crippen LogP contribution in [0.4, 0.5) is 5.69 Å². The number of aromatic nitrogens is 1. The molecule has 0 radical (unpaired) electrons. The van der Waals surface area contributed by atoms with Crippen LogP contribution in [0.2, 0.25) is 0 Å². The van der Waals surface area contributed by atoms with Crippen molar-refractivity contribution >= 4 is 22.9 Å². The number of nitrogens with one attached hydrogen (secondary N) is 1. The number of ether oxygens (including phenoxy) is 2. The molecule has 0 aliphatic rings. The third kappa shape index (κ3) is 4.28. The molecule has 140 valence electrons. The molecular weight excluding hydrogens is 360 g/mol. The van der Waals surface area contributed by atoms with Gasteiger partial charge in [0.15, 0.2) is 11.5 Å². The minimum atomic E-state index is -0.0488. The van der Waals surface area contributed by atoms with E-state index in [0.29, 0.717) is 11.5 Å². The summed E-state index contributed by atoms with van der Waals surface area (Å²) in [5.41, 5.74) is 3.66. The van der Waals surface area contributed by atoms with Crippen LogP contribution in [-0.4, -0.2) is 25.1 Å². The Kier molecular flexibility index (Phi) is 5.76. The van der Waals surface area contributed by atoms with Gasteiger partial charge in [-0.1, -0.05) is 26.0 Å². The van der Waals surface area contributed by atoms with E-state index < -0.39 is 0 Å². The van der Waals surface area contributed by atoms with Crippen molar-refractivity contribution in [3.8, 4) is 33.3 Å². The zero-order chi connectivity index (χ0) is 19.4. The second kappa shape index (κ2) is 8.22. The van der Waals surface area contributed by atoms with Crippen LogP contribution in [0.1, 0.15) is 13.8 Å². The normalized spacial score (nSPS) is 10.7. The molecule has 6 heteroatoms. The lowest BCUT2D eigenvalue weighted by Crippen LogP contribution is -2.17. The maximum Gasteiger partial charge on any atom is 0.226 e. The summed E-state index contributed by atoms with van der Waals surface area (Å²) in [5.74, 6) is 1.33. The van der Waals surface area contributed by atoms with Gasteiger partial charge in [-0.3, -0.25) is 4.79 Å². The second-order valence-corrected chi connectivity index (χ2v) is 7.19. The average molecular weight is 382 g/mol. The van der Waals surface area contributed by atoms with Gasteiger partial charge in [-0.25, -0.2) is 4.98 Å². The number of nitrogens with zero attached hydrogens (tertiary/aromatic N) is 1. The quantitative estimate of drug-likeness (QED) is 0.645. The molecule has 0 saturated heterocycles.